The number of hydrogen-bond donors (Lipinski definition) is 3. The van der Waals surface area contributed by atoms with Crippen molar-refractivity contribution in [2.75, 3.05) is 6.61 Å². The van der Waals surface area contributed by atoms with Gasteiger partial charge < -0.3 is 15.4 Å². The van der Waals surface area contributed by atoms with E-state index < -0.39 is 18.0 Å². The molecule has 1 aromatic rings. The van der Waals surface area contributed by atoms with Crippen molar-refractivity contribution in [1.29, 1.82) is 0 Å². The number of hydrogen-bond acceptors (Lipinski definition) is 5. The van der Waals surface area contributed by atoms with Crippen molar-refractivity contribution in [2.24, 2.45) is 0 Å². The summed E-state index contributed by atoms with van der Waals surface area (Å²) in [5.41, 5.74) is 0.835. The highest BCUT2D eigenvalue weighted by Crippen LogP contribution is 2.09. The Kier molecular flexibility index (Phi) is 4.70. The molecule has 3 N–H and O–H groups in total. The number of rotatable bonds is 6. The third-order valence-electron chi connectivity index (χ3n) is 2.83. The van der Waals surface area contributed by atoms with Crippen molar-refractivity contribution in [3.8, 4) is 5.88 Å². The third-order valence-corrected chi connectivity index (χ3v) is 2.83. The molecule has 1 aromatic heterocycles. The van der Waals surface area contributed by atoms with Crippen LogP contribution in [-0.2, 0) is 16.1 Å². The summed E-state index contributed by atoms with van der Waals surface area (Å²) >= 11 is 0. The van der Waals surface area contributed by atoms with Gasteiger partial charge in [0.25, 0.3) is 5.91 Å². The highest BCUT2D eigenvalue weighted by atomic mass is 16.5. The lowest BCUT2D eigenvalue weighted by molar-refractivity contribution is -0.126. The molecule has 1 aliphatic rings. The van der Waals surface area contributed by atoms with Crippen molar-refractivity contribution in [1.82, 2.24) is 20.9 Å². The number of nitrogens with zero attached hydrogens (tertiary/aromatic N) is 1. The summed E-state index contributed by atoms with van der Waals surface area (Å²) in [5.74, 6) is -0.323. The minimum atomic E-state index is -0.811. The van der Waals surface area contributed by atoms with E-state index in [1.165, 1.54) is 0 Å². The van der Waals surface area contributed by atoms with Gasteiger partial charge in [0.05, 0.1) is 13.0 Å². The Morgan fingerprint density at radius 1 is 1.48 bits per heavy atom. The molecule has 112 valence electrons. The molecule has 4 amide bonds. The molecule has 1 atom stereocenters. The van der Waals surface area contributed by atoms with Gasteiger partial charge in [0, 0.05) is 18.8 Å². The van der Waals surface area contributed by atoms with Crippen LogP contribution in [0, 0.1) is 0 Å². The van der Waals surface area contributed by atoms with E-state index in [4.69, 9.17) is 4.74 Å². The Balaban J connectivity index is 1.82. The quantitative estimate of drug-likeness (QED) is 0.623. The second-order valence-electron chi connectivity index (χ2n) is 4.43. The van der Waals surface area contributed by atoms with E-state index >= 15 is 0 Å². The fourth-order valence-electron chi connectivity index (χ4n) is 1.85. The van der Waals surface area contributed by atoms with E-state index in [0.717, 1.165) is 5.56 Å². The Labute approximate surface area is 121 Å². The molecule has 8 heteroatoms. The Morgan fingerprint density at radius 2 is 2.29 bits per heavy atom. The van der Waals surface area contributed by atoms with E-state index in [9.17, 15) is 14.4 Å². The third kappa shape index (κ3) is 4.16. The van der Waals surface area contributed by atoms with Gasteiger partial charge in [-0.05, 0) is 18.6 Å². The monoisotopic (exact) mass is 292 g/mol. The zero-order valence-corrected chi connectivity index (χ0v) is 11.5. The number of ether oxygens (including phenoxy) is 1. The van der Waals surface area contributed by atoms with E-state index in [0.29, 0.717) is 19.0 Å². The standard InChI is InChI=1S/C13H16N4O4/c1-2-21-11-5-8(3-4-14-11)7-15-10(18)6-9-12(19)17-13(20)16-9/h3-5,9H,2,6-7H2,1H3,(H,15,18)(H2,16,17,19,20)/t9-/m1/s1. The molecule has 0 aromatic carbocycles. The smallest absolute Gasteiger partial charge is 0.322 e. The molecule has 0 unspecified atom stereocenters. The second-order valence-corrected chi connectivity index (χ2v) is 4.43. The maximum atomic E-state index is 11.7. The lowest BCUT2D eigenvalue weighted by Gasteiger charge is -2.09. The fraction of sp³-hybridized carbons (Fsp3) is 0.385. The van der Waals surface area contributed by atoms with Crippen LogP contribution in [0.2, 0.25) is 0 Å². The number of pyridine rings is 1. The molecule has 2 heterocycles. The van der Waals surface area contributed by atoms with E-state index in [1.54, 1.807) is 18.3 Å². The minimum absolute atomic E-state index is 0.0963. The summed E-state index contributed by atoms with van der Waals surface area (Å²) in [4.78, 5) is 38.0. The van der Waals surface area contributed by atoms with Crippen molar-refractivity contribution in [2.45, 2.75) is 25.9 Å². The molecule has 0 bridgehead atoms. The molecule has 0 saturated carbocycles. The molecule has 1 saturated heterocycles. The van der Waals surface area contributed by atoms with Crippen LogP contribution in [-0.4, -0.2) is 35.5 Å². The van der Waals surface area contributed by atoms with Crippen LogP contribution in [0.15, 0.2) is 18.3 Å². The van der Waals surface area contributed by atoms with Crippen molar-refractivity contribution in [3.63, 3.8) is 0 Å². The normalized spacial score (nSPS) is 17.1. The first kappa shape index (κ1) is 14.8. The van der Waals surface area contributed by atoms with Crippen molar-refractivity contribution >= 4 is 17.8 Å². The van der Waals surface area contributed by atoms with E-state index in [2.05, 4.69) is 20.9 Å². The van der Waals surface area contributed by atoms with Crippen LogP contribution in [0.25, 0.3) is 0 Å². The van der Waals surface area contributed by atoms with Gasteiger partial charge >= 0.3 is 6.03 Å². The Bertz CT molecular complexity index is 561. The molecule has 0 radical (unpaired) electrons. The van der Waals surface area contributed by atoms with Gasteiger partial charge in [0.1, 0.15) is 6.04 Å². The van der Waals surface area contributed by atoms with Crippen LogP contribution in [0.5, 0.6) is 5.88 Å². The predicted octanol–water partition coefficient (Wildman–Crippen LogP) is -0.305. The molecule has 0 spiro atoms. The van der Waals surface area contributed by atoms with Gasteiger partial charge in [0.2, 0.25) is 11.8 Å². The molecular formula is C13H16N4O4. The lowest BCUT2D eigenvalue weighted by Crippen LogP contribution is -2.36. The maximum absolute atomic E-state index is 11.7. The lowest BCUT2D eigenvalue weighted by atomic mass is 10.2. The average molecular weight is 292 g/mol. The summed E-state index contributed by atoms with van der Waals surface area (Å²) in [6, 6.07) is 2.10. The molecule has 0 aliphatic carbocycles. The molecule has 21 heavy (non-hydrogen) atoms. The van der Waals surface area contributed by atoms with Crippen LogP contribution >= 0.6 is 0 Å². The van der Waals surface area contributed by atoms with Crippen LogP contribution in [0.1, 0.15) is 18.9 Å². The SMILES string of the molecule is CCOc1cc(CNC(=O)C[C@H]2NC(=O)NC2=O)ccn1. The summed E-state index contributed by atoms with van der Waals surface area (Å²) in [5, 5.41) is 7.12. The van der Waals surface area contributed by atoms with Crippen molar-refractivity contribution < 1.29 is 19.1 Å². The fourth-order valence-corrected chi connectivity index (χ4v) is 1.85. The molecule has 8 nitrogen and oxygen atoms in total. The number of carbonyl (C=O) groups is 3. The first-order chi connectivity index (χ1) is 10.1. The van der Waals surface area contributed by atoms with Gasteiger partial charge in [-0.3, -0.25) is 14.9 Å². The van der Waals surface area contributed by atoms with Gasteiger partial charge in [-0.15, -0.1) is 0 Å². The molecular weight excluding hydrogens is 276 g/mol. The number of carbonyl (C=O) groups excluding carboxylic acids is 3. The van der Waals surface area contributed by atoms with Crippen LogP contribution in [0.3, 0.4) is 0 Å². The molecule has 1 fully saturated rings. The first-order valence-corrected chi connectivity index (χ1v) is 6.54. The first-order valence-electron chi connectivity index (χ1n) is 6.54. The van der Waals surface area contributed by atoms with Gasteiger partial charge in [-0.25, -0.2) is 9.78 Å². The summed E-state index contributed by atoms with van der Waals surface area (Å²) < 4.78 is 5.26. The van der Waals surface area contributed by atoms with Crippen LogP contribution in [0.4, 0.5) is 4.79 Å². The van der Waals surface area contributed by atoms with Gasteiger partial charge in [0.15, 0.2) is 0 Å². The van der Waals surface area contributed by atoms with Gasteiger partial charge in [-0.2, -0.15) is 0 Å². The topological polar surface area (TPSA) is 109 Å². The van der Waals surface area contributed by atoms with Crippen LogP contribution < -0.4 is 20.7 Å². The summed E-state index contributed by atoms with van der Waals surface area (Å²) in [6.45, 7) is 2.67. The van der Waals surface area contributed by atoms with Gasteiger partial charge in [-0.1, -0.05) is 0 Å². The van der Waals surface area contributed by atoms with E-state index in [1.807, 2.05) is 6.92 Å². The number of nitrogens with one attached hydrogen (secondary N) is 3. The van der Waals surface area contributed by atoms with E-state index in [-0.39, 0.29) is 12.3 Å². The van der Waals surface area contributed by atoms with Crippen molar-refractivity contribution in [3.05, 3.63) is 23.9 Å². The summed E-state index contributed by atoms with van der Waals surface area (Å²) in [7, 11) is 0. The Morgan fingerprint density at radius 3 is 2.95 bits per heavy atom. The number of amides is 4. The zero-order chi connectivity index (χ0) is 15.2. The number of imide groups is 1. The average Bonchev–Trinajstić information content (AvgIpc) is 2.75. The second kappa shape index (κ2) is 6.69. The molecule has 1 aliphatic heterocycles. The Hall–Kier alpha value is -2.64. The molecule has 2 rings (SSSR count). The predicted molar refractivity (Wildman–Crippen MR) is 72.3 cm³/mol. The highest BCUT2D eigenvalue weighted by molar-refractivity contribution is 6.05. The maximum Gasteiger partial charge on any atom is 0.322 e. The highest BCUT2D eigenvalue weighted by Gasteiger charge is 2.31. The number of aromatic nitrogens is 1. The summed E-state index contributed by atoms with van der Waals surface area (Å²) in [6.07, 6.45) is 1.50. The largest absolute Gasteiger partial charge is 0.478 e. The minimum Gasteiger partial charge on any atom is -0.478 e. The number of urea groups is 1. The zero-order valence-electron chi connectivity index (χ0n) is 11.5.